The molecule has 0 fully saturated rings. The fourth-order valence-electron chi connectivity index (χ4n) is 3.03. The minimum absolute atomic E-state index is 0.131. The number of methoxy groups -OCH3 is 1. The fourth-order valence-corrected chi connectivity index (χ4v) is 3.03. The topological polar surface area (TPSA) is 110 Å². The monoisotopic (exact) mass is 395 g/mol. The molecule has 0 atom stereocenters. The van der Waals surface area contributed by atoms with Crippen LogP contribution in [0.5, 0.6) is 5.88 Å². The Hall–Kier alpha value is -3.32. The Kier molecular flexibility index (Phi) is 5.35. The first-order chi connectivity index (χ1) is 13.7. The van der Waals surface area contributed by atoms with E-state index >= 15 is 0 Å². The van der Waals surface area contributed by atoms with Crippen molar-refractivity contribution in [2.24, 2.45) is 5.11 Å². The van der Waals surface area contributed by atoms with Crippen LogP contribution in [0.25, 0.3) is 21.2 Å². The highest BCUT2D eigenvalue weighted by Gasteiger charge is 2.25. The number of azide groups is 1. The first-order valence-electron chi connectivity index (χ1n) is 9.05. The average molecular weight is 395 g/mol. The summed E-state index contributed by atoms with van der Waals surface area (Å²) in [7, 11) is 1.54. The number of pyridine rings is 2. The largest absolute Gasteiger partial charge is 0.481 e. The van der Waals surface area contributed by atoms with Crippen LogP contribution in [0, 0.1) is 0 Å². The maximum atomic E-state index is 14.2. The van der Waals surface area contributed by atoms with Crippen molar-refractivity contribution in [2.45, 2.75) is 45.3 Å². The predicted octanol–water partition coefficient (Wildman–Crippen LogP) is 4.77. The quantitative estimate of drug-likeness (QED) is 0.339. The van der Waals surface area contributed by atoms with Crippen molar-refractivity contribution in [1.82, 2.24) is 19.9 Å². The van der Waals surface area contributed by atoms with Crippen molar-refractivity contribution in [3.8, 4) is 5.88 Å². The standard InChI is InChI=1S/C20H22FN7O/c1-19(2,21)18-23-7-6-12(26-18)8-13-9-14-15(10-24-13)17(29-5)25-11-16(14)20(3,4)27-28-22/h6-7,9-11H,8H2,1-5H3. The third-order valence-corrected chi connectivity index (χ3v) is 4.55. The molecule has 3 heterocycles. The molecule has 150 valence electrons. The number of nitrogens with zero attached hydrogens (tertiary/aromatic N) is 7. The summed E-state index contributed by atoms with van der Waals surface area (Å²) < 4.78 is 19.5. The van der Waals surface area contributed by atoms with Gasteiger partial charge in [0.25, 0.3) is 0 Å². The lowest BCUT2D eigenvalue weighted by molar-refractivity contribution is 0.206. The van der Waals surface area contributed by atoms with Crippen LogP contribution < -0.4 is 4.74 Å². The van der Waals surface area contributed by atoms with Gasteiger partial charge in [0.15, 0.2) is 11.5 Å². The molecule has 0 aliphatic heterocycles. The van der Waals surface area contributed by atoms with Crippen LogP contribution in [-0.4, -0.2) is 27.0 Å². The number of rotatable bonds is 6. The molecule has 0 aromatic carbocycles. The molecule has 0 bridgehead atoms. The van der Waals surface area contributed by atoms with Gasteiger partial charge in [0, 0.05) is 35.6 Å². The third-order valence-electron chi connectivity index (χ3n) is 4.55. The Bertz CT molecular complexity index is 1100. The molecule has 3 aromatic heterocycles. The van der Waals surface area contributed by atoms with E-state index in [0.29, 0.717) is 23.4 Å². The summed E-state index contributed by atoms with van der Waals surface area (Å²) in [5.41, 5.74) is 8.63. The van der Waals surface area contributed by atoms with Crippen LogP contribution in [0.2, 0.25) is 0 Å². The van der Waals surface area contributed by atoms with Gasteiger partial charge in [0.2, 0.25) is 5.88 Å². The third kappa shape index (κ3) is 4.25. The first-order valence-corrected chi connectivity index (χ1v) is 9.05. The van der Waals surface area contributed by atoms with E-state index in [-0.39, 0.29) is 5.82 Å². The minimum atomic E-state index is -1.63. The number of ether oxygens (including phenoxy) is 1. The highest BCUT2D eigenvalue weighted by atomic mass is 19.1. The van der Waals surface area contributed by atoms with Crippen LogP contribution >= 0.6 is 0 Å². The van der Waals surface area contributed by atoms with E-state index < -0.39 is 11.2 Å². The zero-order valence-corrected chi connectivity index (χ0v) is 17.0. The number of alkyl halides is 1. The maximum Gasteiger partial charge on any atom is 0.222 e. The van der Waals surface area contributed by atoms with Crippen LogP contribution in [0.15, 0.2) is 35.8 Å². The van der Waals surface area contributed by atoms with Gasteiger partial charge in [-0.2, -0.15) is 0 Å². The summed E-state index contributed by atoms with van der Waals surface area (Å²) in [5, 5.41) is 5.43. The van der Waals surface area contributed by atoms with Crippen LogP contribution in [0.1, 0.15) is 50.5 Å². The molecule has 0 aliphatic rings. The molecule has 0 N–H and O–H groups in total. The molecule has 0 unspecified atom stereocenters. The predicted molar refractivity (Wildman–Crippen MR) is 107 cm³/mol. The van der Waals surface area contributed by atoms with Gasteiger partial charge in [0.05, 0.1) is 23.7 Å². The normalized spacial score (nSPS) is 11.9. The van der Waals surface area contributed by atoms with Gasteiger partial charge in [-0.15, -0.1) is 0 Å². The number of hydrogen-bond donors (Lipinski definition) is 0. The Morgan fingerprint density at radius 1 is 1.10 bits per heavy atom. The Morgan fingerprint density at radius 2 is 1.86 bits per heavy atom. The zero-order chi connectivity index (χ0) is 21.2. The number of hydrogen-bond acceptors (Lipinski definition) is 6. The van der Waals surface area contributed by atoms with Gasteiger partial charge in [-0.25, -0.2) is 19.3 Å². The summed E-state index contributed by atoms with van der Waals surface area (Å²) in [6, 6.07) is 3.63. The highest BCUT2D eigenvalue weighted by Crippen LogP contribution is 2.35. The molecule has 0 saturated carbocycles. The molecule has 29 heavy (non-hydrogen) atoms. The summed E-state index contributed by atoms with van der Waals surface area (Å²) in [5.74, 6) is 0.565. The minimum Gasteiger partial charge on any atom is -0.481 e. The van der Waals surface area contributed by atoms with E-state index in [9.17, 15) is 4.39 Å². The molecule has 0 spiro atoms. The van der Waals surface area contributed by atoms with Crippen LogP contribution in [0.3, 0.4) is 0 Å². The number of halogens is 1. The van der Waals surface area contributed by atoms with Crippen molar-refractivity contribution < 1.29 is 9.13 Å². The molecule has 9 heteroatoms. The number of aromatic nitrogens is 4. The first kappa shape index (κ1) is 20.4. The van der Waals surface area contributed by atoms with Gasteiger partial charge in [0.1, 0.15) is 0 Å². The van der Waals surface area contributed by atoms with Gasteiger partial charge in [-0.1, -0.05) is 19.0 Å². The highest BCUT2D eigenvalue weighted by molar-refractivity contribution is 5.90. The van der Waals surface area contributed by atoms with E-state index in [2.05, 4.69) is 30.0 Å². The summed E-state index contributed by atoms with van der Waals surface area (Å²) in [6.07, 6.45) is 5.26. The van der Waals surface area contributed by atoms with E-state index in [1.165, 1.54) is 21.0 Å². The SMILES string of the molecule is COc1ncc(C(C)(C)N=[N+]=[N-])c2cc(Cc3ccnc(C(C)(C)F)n3)ncc12. The van der Waals surface area contributed by atoms with E-state index in [1.54, 1.807) is 24.7 Å². The van der Waals surface area contributed by atoms with Gasteiger partial charge >= 0.3 is 0 Å². The molecule has 0 amide bonds. The smallest absolute Gasteiger partial charge is 0.222 e. The molecule has 0 aliphatic carbocycles. The van der Waals surface area contributed by atoms with Crippen molar-refractivity contribution >= 4 is 10.8 Å². The Balaban J connectivity index is 2.11. The summed E-state index contributed by atoms with van der Waals surface area (Å²) in [6.45, 7) is 6.47. The van der Waals surface area contributed by atoms with Gasteiger partial charge < -0.3 is 4.74 Å². The lowest BCUT2D eigenvalue weighted by Crippen LogP contribution is -2.15. The zero-order valence-electron chi connectivity index (χ0n) is 17.0. The van der Waals surface area contributed by atoms with Crippen molar-refractivity contribution in [2.75, 3.05) is 7.11 Å². The Morgan fingerprint density at radius 3 is 2.52 bits per heavy atom. The van der Waals surface area contributed by atoms with E-state index in [1.807, 2.05) is 19.9 Å². The van der Waals surface area contributed by atoms with Crippen LogP contribution in [-0.2, 0) is 17.6 Å². The second-order valence-corrected chi connectivity index (χ2v) is 7.67. The van der Waals surface area contributed by atoms with Crippen molar-refractivity contribution in [1.29, 1.82) is 0 Å². The second kappa shape index (κ2) is 7.60. The molecular weight excluding hydrogens is 373 g/mol. The second-order valence-electron chi connectivity index (χ2n) is 7.67. The van der Waals surface area contributed by atoms with Crippen molar-refractivity contribution in [3.05, 3.63) is 63.9 Å². The average Bonchev–Trinajstić information content (AvgIpc) is 2.66. The molecule has 0 radical (unpaired) electrons. The molecule has 8 nitrogen and oxygen atoms in total. The van der Waals surface area contributed by atoms with E-state index in [0.717, 1.165) is 16.6 Å². The molecule has 3 aromatic rings. The molecular formula is C20H22FN7O. The van der Waals surface area contributed by atoms with Crippen molar-refractivity contribution in [3.63, 3.8) is 0 Å². The van der Waals surface area contributed by atoms with Crippen LogP contribution in [0.4, 0.5) is 4.39 Å². The molecule has 0 saturated heterocycles. The lowest BCUT2D eigenvalue weighted by atomic mass is 9.92. The van der Waals surface area contributed by atoms with E-state index in [4.69, 9.17) is 10.3 Å². The molecule has 3 rings (SSSR count). The fraction of sp³-hybridized carbons (Fsp3) is 0.400. The summed E-state index contributed by atoms with van der Waals surface area (Å²) in [4.78, 5) is 20.1. The maximum absolute atomic E-state index is 14.2. The Labute approximate surface area is 167 Å². The van der Waals surface area contributed by atoms with Gasteiger partial charge in [-0.05, 0) is 42.5 Å². The summed E-state index contributed by atoms with van der Waals surface area (Å²) >= 11 is 0. The van der Waals surface area contributed by atoms with Gasteiger partial charge in [-0.3, -0.25) is 4.98 Å². The lowest BCUT2D eigenvalue weighted by Gasteiger charge is -2.21. The number of fused-ring (bicyclic) bond motifs is 1.